The van der Waals surface area contributed by atoms with E-state index in [4.69, 9.17) is 0 Å². The minimum absolute atomic E-state index is 0.0180. The minimum Gasteiger partial charge on any atom is -0.478 e. The number of imide groups is 4. The number of hydrogen-bond donors (Lipinski definition) is 1. The van der Waals surface area contributed by atoms with E-state index in [0.29, 0.717) is 87.7 Å². The number of carbonyl (C=O) groups excluding carboxylic acids is 8. The molecule has 98 heavy (non-hydrogen) atoms. The van der Waals surface area contributed by atoms with Crippen LogP contribution in [0, 0.1) is 33.6 Å². The summed E-state index contributed by atoms with van der Waals surface area (Å²) in [6.45, 7) is 20.2. The molecular formula is C72H64F12N4O10. The molecule has 4 heterocycles. The van der Waals surface area contributed by atoms with Crippen molar-refractivity contribution in [2.75, 3.05) is 9.80 Å². The summed E-state index contributed by atoms with van der Waals surface area (Å²) in [6, 6.07) is 8.78. The van der Waals surface area contributed by atoms with E-state index in [1.807, 2.05) is 0 Å². The summed E-state index contributed by atoms with van der Waals surface area (Å²) in [5.74, 6) is -12.2. The summed E-state index contributed by atoms with van der Waals surface area (Å²) < 4.78 is 191. The molecule has 0 saturated carbocycles. The average molecular weight is 1370 g/mol. The molecule has 0 spiro atoms. The molecule has 26 heteroatoms. The molecule has 10 rings (SSSR count). The SMILES string of the molecule is CCC(C)(CC)c1cc(C(=O)O)cc(N2C(=O)c3ccc(C(c4ccc5c(c4)C(=O)N(C(C)(c4c(C)c(C)c(N6C(=O)c7ccc(C(c8ccc9c(c8)C(=O)N(C(C)(CC)CC)C9=O)(C(F)(F)F)C(F)(F)F)cc7C6=O)c(C)c4C)C(C)C)C5=O)(C(F)(F)F)C(F)(F)F)cc3C2=O)c1. The van der Waals surface area contributed by atoms with Gasteiger partial charge in [0.2, 0.25) is 10.8 Å². The average Bonchev–Trinajstić information content (AvgIpc) is 1.28. The van der Waals surface area contributed by atoms with Gasteiger partial charge in [0, 0.05) is 5.54 Å². The summed E-state index contributed by atoms with van der Waals surface area (Å²) in [5, 5.41) is 10.0. The smallest absolute Gasteiger partial charge is 0.411 e. The van der Waals surface area contributed by atoms with Gasteiger partial charge in [-0.3, -0.25) is 48.2 Å². The standard InChI is InChI=1S/C72H64F12N4O10/c1-14-64(11,15-2)43-26-38(63(97)98)27-44(28-43)85-55(89)45-22-18-39(29-49(45)57(85)91)67(69(73,74)75,70(76,77)78)42-21-25-48-52(32-42)62(96)88(60(48)94)66(13,33(5)6)53-34(7)36(9)54(37(10)35(53)8)86-56(90)46-23-19-40(30-50(46)58(86)92)68(71(79,80)81,72(82,83)84)41-20-24-47-51(31-41)61(95)87(59(47)93)65(12,16-3)17-4/h18-33H,14-17H2,1-13H3,(H,97,98). The number of anilines is 2. The van der Waals surface area contributed by atoms with Crippen LogP contribution in [0.5, 0.6) is 0 Å². The number of amides is 8. The number of carbonyl (C=O) groups is 9. The van der Waals surface area contributed by atoms with E-state index in [1.54, 1.807) is 34.6 Å². The maximum Gasteiger partial charge on any atom is 0.411 e. The third kappa shape index (κ3) is 9.61. The lowest BCUT2D eigenvalue weighted by molar-refractivity contribution is -0.290. The van der Waals surface area contributed by atoms with Crippen LogP contribution in [-0.2, 0) is 21.8 Å². The van der Waals surface area contributed by atoms with E-state index in [0.717, 1.165) is 11.0 Å². The van der Waals surface area contributed by atoms with Crippen LogP contribution in [-0.4, -0.2) is 98.4 Å². The molecule has 4 aliphatic heterocycles. The van der Waals surface area contributed by atoms with E-state index in [-0.39, 0.29) is 75.8 Å². The lowest BCUT2D eigenvalue weighted by Crippen LogP contribution is -2.55. The number of halogens is 12. The van der Waals surface area contributed by atoms with Gasteiger partial charge in [0.05, 0.1) is 67.0 Å². The highest BCUT2D eigenvalue weighted by atomic mass is 19.4. The number of carboxylic acids is 1. The number of benzene rings is 6. The molecule has 0 radical (unpaired) electrons. The Morgan fingerprint density at radius 2 is 0.714 bits per heavy atom. The Bertz CT molecular complexity index is 4500. The minimum atomic E-state index is -6.38. The van der Waals surface area contributed by atoms with Crippen molar-refractivity contribution < 1.29 is 101 Å². The van der Waals surface area contributed by atoms with Gasteiger partial charge in [-0.05, 0) is 201 Å². The number of rotatable bonds is 16. The summed E-state index contributed by atoms with van der Waals surface area (Å²) in [4.78, 5) is 130. The highest BCUT2D eigenvalue weighted by Gasteiger charge is 2.75. The van der Waals surface area contributed by atoms with Gasteiger partial charge in [0.15, 0.2) is 0 Å². The monoisotopic (exact) mass is 1370 g/mol. The van der Waals surface area contributed by atoms with Crippen LogP contribution in [0.15, 0.2) is 91.0 Å². The molecule has 516 valence electrons. The quantitative estimate of drug-likeness (QED) is 0.0722. The zero-order chi connectivity index (χ0) is 73.1. The normalized spacial score (nSPS) is 16.3. The fourth-order valence-corrected chi connectivity index (χ4v) is 14.7. The molecule has 0 fully saturated rings. The Balaban J connectivity index is 1.03. The number of hydrogen-bond acceptors (Lipinski definition) is 9. The van der Waals surface area contributed by atoms with Crippen LogP contribution in [0.25, 0.3) is 0 Å². The Morgan fingerprint density at radius 1 is 0.398 bits per heavy atom. The van der Waals surface area contributed by atoms with Crippen molar-refractivity contribution in [1.29, 1.82) is 0 Å². The van der Waals surface area contributed by atoms with Crippen LogP contribution in [0.2, 0.25) is 0 Å². The van der Waals surface area contributed by atoms with E-state index >= 15 is 57.5 Å². The number of nitrogens with zero attached hydrogens (tertiary/aromatic N) is 4. The third-order valence-corrected chi connectivity index (χ3v) is 21.6. The highest BCUT2D eigenvalue weighted by molar-refractivity contribution is 6.36. The van der Waals surface area contributed by atoms with Crippen LogP contribution in [0.1, 0.15) is 237 Å². The predicted molar refractivity (Wildman–Crippen MR) is 333 cm³/mol. The van der Waals surface area contributed by atoms with Gasteiger partial charge < -0.3 is 5.11 Å². The molecule has 0 aliphatic carbocycles. The van der Waals surface area contributed by atoms with Crippen LogP contribution in [0.3, 0.4) is 0 Å². The van der Waals surface area contributed by atoms with Crippen molar-refractivity contribution in [3.05, 3.63) is 197 Å². The van der Waals surface area contributed by atoms with Gasteiger partial charge in [0.1, 0.15) is 0 Å². The number of aromatic carboxylic acids is 1. The van der Waals surface area contributed by atoms with Crippen molar-refractivity contribution in [3.63, 3.8) is 0 Å². The lowest BCUT2D eigenvalue weighted by Gasteiger charge is -2.44. The Kier molecular flexibility index (Phi) is 16.8. The topological polar surface area (TPSA) is 187 Å². The lowest BCUT2D eigenvalue weighted by atomic mass is 9.71. The Morgan fingerprint density at radius 3 is 1.06 bits per heavy atom. The second-order valence-electron chi connectivity index (χ2n) is 26.4. The molecule has 8 amide bonds. The second kappa shape index (κ2) is 23.1. The number of fused-ring (bicyclic) bond motifs is 4. The first-order valence-electron chi connectivity index (χ1n) is 31.1. The van der Waals surface area contributed by atoms with Crippen LogP contribution < -0.4 is 9.80 Å². The molecule has 6 aromatic rings. The van der Waals surface area contributed by atoms with Gasteiger partial charge in [-0.1, -0.05) is 72.7 Å². The van der Waals surface area contributed by atoms with Gasteiger partial charge in [0.25, 0.3) is 47.3 Å². The number of carboxylic acid groups (broad SMARTS) is 1. The Hall–Kier alpha value is -9.49. The molecule has 1 N–H and O–H groups in total. The van der Waals surface area contributed by atoms with E-state index in [2.05, 4.69) is 0 Å². The zero-order valence-corrected chi connectivity index (χ0v) is 55.0. The van der Waals surface area contributed by atoms with Crippen molar-refractivity contribution in [1.82, 2.24) is 9.80 Å². The summed E-state index contributed by atoms with van der Waals surface area (Å²) in [5.41, 5.74) is -26.4. The molecule has 0 aromatic heterocycles. The molecule has 1 atom stereocenters. The van der Waals surface area contributed by atoms with Gasteiger partial charge in [-0.15, -0.1) is 0 Å². The highest BCUT2D eigenvalue weighted by Crippen LogP contribution is 2.60. The van der Waals surface area contributed by atoms with Crippen molar-refractivity contribution in [2.45, 2.75) is 168 Å². The van der Waals surface area contributed by atoms with Crippen molar-refractivity contribution in [2.24, 2.45) is 5.92 Å². The first kappa shape index (κ1) is 71.3. The summed E-state index contributed by atoms with van der Waals surface area (Å²) in [6.07, 6.45) is -24.1. The molecule has 14 nitrogen and oxygen atoms in total. The molecule has 0 bridgehead atoms. The van der Waals surface area contributed by atoms with Gasteiger partial charge in [-0.2, -0.15) is 52.7 Å². The summed E-state index contributed by atoms with van der Waals surface area (Å²) >= 11 is 0. The van der Waals surface area contributed by atoms with E-state index in [9.17, 15) is 43.5 Å². The van der Waals surface area contributed by atoms with Crippen molar-refractivity contribution >= 4 is 64.6 Å². The van der Waals surface area contributed by atoms with Crippen LogP contribution >= 0.6 is 0 Å². The molecule has 1 unspecified atom stereocenters. The second-order valence-corrected chi connectivity index (χ2v) is 26.4. The van der Waals surface area contributed by atoms with E-state index in [1.165, 1.54) is 67.5 Å². The maximum absolute atomic E-state index is 16.1. The molecule has 4 aliphatic rings. The van der Waals surface area contributed by atoms with Crippen LogP contribution in [0.4, 0.5) is 64.1 Å². The largest absolute Gasteiger partial charge is 0.478 e. The number of alkyl halides is 12. The van der Waals surface area contributed by atoms with Gasteiger partial charge >= 0.3 is 30.7 Å². The van der Waals surface area contributed by atoms with Crippen molar-refractivity contribution in [3.8, 4) is 0 Å². The Labute approximate surface area is 553 Å². The first-order chi connectivity index (χ1) is 45.2. The fourth-order valence-electron chi connectivity index (χ4n) is 14.7. The zero-order valence-electron chi connectivity index (χ0n) is 55.0. The fraction of sp³-hybridized carbons (Fsp3) is 0.375. The molecule has 6 aromatic carbocycles. The molecular weight excluding hydrogens is 1310 g/mol. The molecule has 0 saturated heterocycles. The third-order valence-electron chi connectivity index (χ3n) is 21.6. The first-order valence-corrected chi connectivity index (χ1v) is 31.1. The summed E-state index contributed by atoms with van der Waals surface area (Å²) in [7, 11) is 0. The van der Waals surface area contributed by atoms with Gasteiger partial charge in [-0.25, -0.2) is 14.6 Å². The maximum atomic E-state index is 16.1. The predicted octanol–water partition coefficient (Wildman–Crippen LogP) is 16.5. The van der Waals surface area contributed by atoms with E-state index < -0.39 is 178 Å².